The molecule has 0 amide bonds. The average Bonchev–Trinajstić information content (AvgIpc) is 2.72. The minimum atomic E-state index is 0.0293. The normalized spacial score (nSPS) is 11.1. The summed E-state index contributed by atoms with van der Waals surface area (Å²) < 4.78 is 2.91. The Morgan fingerprint density at radius 2 is 2.18 bits per heavy atom. The van der Waals surface area contributed by atoms with Crippen molar-refractivity contribution in [3.05, 3.63) is 46.2 Å². The quantitative estimate of drug-likeness (QED) is 0.944. The molecule has 0 saturated carbocycles. The Balaban J connectivity index is 2.56. The number of nitrogens with zero attached hydrogens (tertiary/aromatic N) is 2. The van der Waals surface area contributed by atoms with E-state index in [0.29, 0.717) is 5.92 Å². The molecule has 17 heavy (non-hydrogen) atoms. The Kier molecular flexibility index (Phi) is 3.64. The third-order valence-corrected chi connectivity index (χ3v) is 3.15. The number of benzene rings is 1. The lowest BCUT2D eigenvalue weighted by atomic mass is 10.1. The van der Waals surface area contributed by atoms with Gasteiger partial charge in [0.25, 0.3) is 0 Å². The lowest BCUT2D eigenvalue weighted by Crippen LogP contribution is -2.05. The molecule has 0 aliphatic rings. The van der Waals surface area contributed by atoms with Crippen molar-refractivity contribution in [2.45, 2.75) is 26.4 Å². The fourth-order valence-corrected chi connectivity index (χ4v) is 2.33. The summed E-state index contributed by atoms with van der Waals surface area (Å²) >= 11 is 3.45. The van der Waals surface area contributed by atoms with Crippen molar-refractivity contribution in [1.82, 2.24) is 9.78 Å². The first-order chi connectivity index (χ1) is 8.13. The first-order valence-electron chi connectivity index (χ1n) is 5.57. The number of aliphatic hydroxyl groups is 1. The van der Waals surface area contributed by atoms with Crippen molar-refractivity contribution in [3.8, 4) is 5.69 Å². The van der Waals surface area contributed by atoms with E-state index < -0.39 is 0 Å². The molecule has 3 nitrogen and oxygen atoms in total. The lowest BCUT2D eigenvalue weighted by Gasteiger charge is -2.12. The maximum atomic E-state index is 9.32. The van der Waals surface area contributed by atoms with Crippen molar-refractivity contribution in [3.63, 3.8) is 0 Å². The highest BCUT2D eigenvalue weighted by atomic mass is 79.9. The van der Waals surface area contributed by atoms with E-state index in [4.69, 9.17) is 0 Å². The SMILES string of the molecule is CC(C)c1c(CO)cnn1-c1cccc(Br)c1. The third-order valence-electron chi connectivity index (χ3n) is 2.66. The van der Waals surface area contributed by atoms with Crippen LogP contribution in [0.3, 0.4) is 0 Å². The predicted molar refractivity (Wildman–Crippen MR) is 71.3 cm³/mol. The molecule has 0 aliphatic carbocycles. The van der Waals surface area contributed by atoms with Crippen LogP contribution < -0.4 is 0 Å². The fourth-order valence-electron chi connectivity index (χ4n) is 1.94. The van der Waals surface area contributed by atoms with Crippen molar-refractivity contribution in [2.24, 2.45) is 0 Å². The van der Waals surface area contributed by atoms with E-state index in [-0.39, 0.29) is 6.61 Å². The summed E-state index contributed by atoms with van der Waals surface area (Å²) in [6, 6.07) is 7.98. The maximum absolute atomic E-state index is 9.32. The summed E-state index contributed by atoms with van der Waals surface area (Å²) in [5.41, 5.74) is 2.95. The molecule has 0 aliphatic heterocycles. The van der Waals surface area contributed by atoms with Crippen molar-refractivity contribution >= 4 is 15.9 Å². The molecule has 0 spiro atoms. The van der Waals surface area contributed by atoms with E-state index in [1.165, 1.54) is 0 Å². The highest BCUT2D eigenvalue weighted by molar-refractivity contribution is 9.10. The molecule has 1 heterocycles. The van der Waals surface area contributed by atoms with E-state index in [1.807, 2.05) is 28.9 Å². The smallest absolute Gasteiger partial charge is 0.0715 e. The Bertz CT molecular complexity index is 520. The molecular weight excluding hydrogens is 280 g/mol. The van der Waals surface area contributed by atoms with E-state index in [1.54, 1.807) is 6.20 Å². The molecule has 0 fully saturated rings. The minimum Gasteiger partial charge on any atom is -0.392 e. The zero-order valence-corrected chi connectivity index (χ0v) is 11.5. The summed E-state index contributed by atoms with van der Waals surface area (Å²) in [4.78, 5) is 0. The van der Waals surface area contributed by atoms with Crippen LogP contribution in [-0.4, -0.2) is 14.9 Å². The lowest BCUT2D eigenvalue weighted by molar-refractivity contribution is 0.280. The monoisotopic (exact) mass is 294 g/mol. The van der Waals surface area contributed by atoms with Crippen molar-refractivity contribution in [1.29, 1.82) is 0 Å². The molecular formula is C13H15BrN2O. The van der Waals surface area contributed by atoms with Gasteiger partial charge in [-0.3, -0.25) is 0 Å². The molecule has 90 valence electrons. The van der Waals surface area contributed by atoms with Crippen molar-refractivity contribution < 1.29 is 5.11 Å². The van der Waals surface area contributed by atoms with E-state index in [9.17, 15) is 5.11 Å². The van der Waals surface area contributed by atoms with Crippen LogP contribution in [0.2, 0.25) is 0 Å². The Labute approximate surface area is 109 Å². The topological polar surface area (TPSA) is 38.1 Å². The van der Waals surface area contributed by atoms with Gasteiger partial charge in [-0.2, -0.15) is 5.10 Å². The van der Waals surface area contributed by atoms with Gasteiger partial charge in [0.2, 0.25) is 0 Å². The van der Waals surface area contributed by atoms with Crippen LogP contribution in [0.1, 0.15) is 31.0 Å². The van der Waals surface area contributed by atoms with Gasteiger partial charge in [-0.1, -0.05) is 35.8 Å². The van der Waals surface area contributed by atoms with E-state index in [0.717, 1.165) is 21.4 Å². The van der Waals surface area contributed by atoms with E-state index >= 15 is 0 Å². The van der Waals surface area contributed by atoms with Crippen LogP contribution in [0, 0.1) is 0 Å². The molecule has 4 heteroatoms. The van der Waals surface area contributed by atoms with Gasteiger partial charge < -0.3 is 5.11 Å². The average molecular weight is 295 g/mol. The molecule has 1 aromatic heterocycles. The van der Waals surface area contributed by atoms with Crippen LogP contribution >= 0.6 is 15.9 Å². The number of halogens is 1. The number of hydrogen-bond acceptors (Lipinski definition) is 2. The van der Waals surface area contributed by atoms with E-state index in [2.05, 4.69) is 34.9 Å². The Morgan fingerprint density at radius 3 is 2.76 bits per heavy atom. The molecule has 1 aromatic carbocycles. The second-order valence-corrected chi connectivity index (χ2v) is 5.18. The Hall–Kier alpha value is -1.13. The molecule has 2 aromatic rings. The zero-order chi connectivity index (χ0) is 12.4. The number of aromatic nitrogens is 2. The standard InChI is InChI=1S/C13H15BrN2O/c1-9(2)13-10(8-17)7-15-16(13)12-5-3-4-11(14)6-12/h3-7,9,17H,8H2,1-2H3. The van der Waals surface area contributed by atoms with Crippen LogP contribution in [0.4, 0.5) is 0 Å². The van der Waals surface area contributed by atoms with Gasteiger partial charge >= 0.3 is 0 Å². The Morgan fingerprint density at radius 1 is 1.41 bits per heavy atom. The van der Waals surface area contributed by atoms with Gasteiger partial charge in [-0.05, 0) is 24.1 Å². The summed E-state index contributed by atoms with van der Waals surface area (Å²) in [5, 5.41) is 13.7. The van der Waals surface area contributed by atoms with Gasteiger partial charge in [0.05, 0.1) is 24.2 Å². The highest BCUT2D eigenvalue weighted by Gasteiger charge is 2.14. The predicted octanol–water partition coefficient (Wildman–Crippen LogP) is 3.25. The fraction of sp³-hybridized carbons (Fsp3) is 0.308. The second kappa shape index (κ2) is 5.02. The summed E-state index contributed by atoms with van der Waals surface area (Å²) in [6.07, 6.45) is 1.73. The second-order valence-electron chi connectivity index (χ2n) is 4.26. The summed E-state index contributed by atoms with van der Waals surface area (Å²) in [6.45, 7) is 4.23. The molecule has 0 atom stereocenters. The maximum Gasteiger partial charge on any atom is 0.0715 e. The van der Waals surface area contributed by atoms with Gasteiger partial charge in [0.1, 0.15) is 0 Å². The molecule has 1 N–H and O–H groups in total. The van der Waals surface area contributed by atoms with Crippen LogP contribution in [0.5, 0.6) is 0 Å². The summed E-state index contributed by atoms with van der Waals surface area (Å²) in [7, 11) is 0. The van der Waals surface area contributed by atoms with Crippen LogP contribution in [0.25, 0.3) is 5.69 Å². The molecule has 0 saturated heterocycles. The molecule has 0 bridgehead atoms. The van der Waals surface area contributed by atoms with Gasteiger partial charge in [0, 0.05) is 10.0 Å². The largest absolute Gasteiger partial charge is 0.392 e. The highest BCUT2D eigenvalue weighted by Crippen LogP contribution is 2.24. The van der Waals surface area contributed by atoms with Crippen molar-refractivity contribution in [2.75, 3.05) is 0 Å². The molecule has 0 radical (unpaired) electrons. The van der Waals surface area contributed by atoms with Gasteiger partial charge in [-0.15, -0.1) is 0 Å². The third kappa shape index (κ3) is 2.42. The first kappa shape index (κ1) is 12.3. The zero-order valence-electron chi connectivity index (χ0n) is 9.89. The van der Waals surface area contributed by atoms with Crippen LogP contribution in [0.15, 0.2) is 34.9 Å². The first-order valence-corrected chi connectivity index (χ1v) is 6.36. The van der Waals surface area contributed by atoms with Gasteiger partial charge in [0.15, 0.2) is 0 Å². The molecule has 2 rings (SSSR count). The van der Waals surface area contributed by atoms with Gasteiger partial charge in [-0.25, -0.2) is 4.68 Å². The summed E-state index contributed by atoms with van der Waals surface area (Å²) in [5.74, 6) is 0.318. The molecule has 0 unspecified atom stereocenters. The number of hydrogen-bond donors (Lipinski definition) is 1. The number of aliphatic hydroxyl groups excluding tert-OH is 1. The minimum absolute atomic E-state index is 0.0293. The number of rotatable bonds is 3. The van der Waals surface area contributed by atoms with Crippen LogP contribution in [-0.2, 0) is 6.61 Å².